The minimum atomic E-state index is -5.83. The number of rotatable bonds is 4. The highest BCUT2D eigenvalue weighted by Gasteiger charge is 2.62. The van der Waals surface area contributed by atoms with Crippen molar-refractivity contribution in [3.63, 3.8) is 0 Å². The Labute approximate surface area is 110 Å². The molecule has 0 aromatic heterocycles. The minimum absolute atomic E-state index is 0.426. The summed E-state index contributed by atoms with van der Waals surface area (Å²) in [4.78, 5) is 0. The highest BCUT2D eigenvalue weighted by molar-refractivity contribution is 5.52. The van der Waals surface area contributed by atoms with E-state index in [9.17, 15) is 27.1 Å². The molecule has 0 heterocycles. The molecular weight excluding hydrogens is 289 g/mol. The van der Waals surface area contributed by atoms with Crippen LogP contribution < -0.4 is 15.2 Å². The average molecular weight is 301 g/mol. The number of halogens is 5. The molecule has 0 unspecified atom stereocenters. The van der Waals surface area contributed by atoms with Gasteiger partial charge in [-0.3, -0.25) is 0 Å². The summed E-state index contributed by atoms with van der Waals surface area (Å²) in [6, 6.07) is -1.01. The fraction of sp³-hybridized carbons (Fsp3) is 0.455. The van der Waals surface area contributed by atoms with Crippen molar-refractivity contribution in [1.29, 1.82) is 0 Å². The zero-order valence-corrected chi connectivity index (χ0v) is 10.5. The van der Waals surface area contributed by atoms with Crippen LogP contribution in [0.2, 0.25) is 0 Å². The zero-order valence-electron chi connectivity index (χ0n) is 10.5. The molecule has 1 rings (SSSR count). The smallest absolute Gasteiger partial charge is 0.455 e. The molecule has 9 heteroatoms. The van der Waals surface area contributed by atoms with Gasteiger partial charge in [0.2, 0.25) is 0 Å². The van der Waals surface area contributed by atoms with Gasteiger partial charge in [-0.15, -0.1) is 0 Å². The van der Waals surface area contributed by atoms with E-state index in [4.69, 9.17) is 5.73 Å². The van der Waals surface area contributed by atoms with Gasteiger partial charge in [-0.2, -0.15) is 22.0 Å². The Balaban J connectivity index is 3.45. The molecule has 0 fully saturated rings. The first-order valence-corrected chi connectivity index (χ1v) is 5.21. The highest BCUT2D eigenvalue weighted by Crippen LogP contribution is 2.48. The first-order chi connectivity index (χ1) is 9.06. The Morgan fingerprint density at radius 1 is 1.05 bits per heavy atom. The van der Waals surface area contributed by atoms with Crippen LogP contribution in [0, 0.1) is 0 Å². The second kappa shape index (κ2) is 5.31. The largest absolute Gasteiger partial charge is 0.508 e. The van der Waals surface area contributed by atoms with Crippen molar-refractivity contribution < 1.29 is 36.5 Å². The van der Waals surface area contributed by atoms with Crippen molar-refractivity contribution in [1.82, 2.24) is 0 Å². The number of phenols is 1. The van der Waals surface area contributed by atoms with Crippen LogP contribution in [0.5, 0.6) is 17.2 Å². The zero-order chi connectivity index (χ0) is 15.7. The molecular formula is C11H12F5NO3. The van der Waals surface area contributed by atoms with Crippen molar-refractivity contribution in [2.24, 2.45) is 5.73 Å². The molecule has 1 aromatic rings. The monoisotopic (exact) mass is 301 g/mol. The predicted octanol–water partition coefficient (Wildman–Crippen LogP) is 2.61. The molecule has 1 aromatic carbocycles. The van der Waals surface area contributed by atoms with Crippen molar-refractivity contribution in [3.05, 3.63) is 17.7 Å². The van der Waals surface area contributed by atoms with Gasteiger partial charge >= 0.3 is 12.1 Å². The van der Waals surface area contributed by atoms with Gasteiger partial charge in [0, 0.05) is 12.1 Å². The maximum Gasteiger partial charge on any atom is 0.455 e. The molecule has 0 aliphatic carbocycles. The van der Waals surface area contributed by atoms with Crippen LogP contribution in [0.4, 0.5) is 22.0 Å². The van der Waals surface area contributed by atoms with E-state index in [1.165, 1.54) is 0 Å². The molecule has 20 heavy (non-hydrogen) atoms. The van der Waals surface area contributed by atoms with Gasteiger partial charge in [-0.1, -0.05) is 0 Å². The number of nitrogens with two attached hydrogens (primary N) is 1. The quantitative estimate of drug-likeness (QED) is 0.839. The third-order valence-corrected chi connectivity index (χ3v) is 2.61. The van der Waals surface area contributed by atoms with Gasteiger partial charge < -0.3 is 20.3 Å². The van der Waals surface area contributed by atoms with E-state index < -0.39 is 41.0 Å². The van der Waals surface area contributed by atoms with Gasteiger partial charge in [0.05, 0.1) is 19.8 Å². The van der Waals surface area contributed by atoms with Crippen LogP contribution >= 0.6 is 0 Å². The molecule has 0 spiro atoms. The lowest BCUT2D eigenvalue weighted by atomic mass is 9.98. The first-order valence-electron chi connectivity index (χ1n) is 5.21. The summed E-state index contributed by atoms with van der Waals surface area (Å²) in [7, 11) is 2.08. The van der Waals surface area contributed by atoms with Crippen LogP contribution in [-0.2, 0) is 0 Å². The SMILES string of the molecule is COc1cc(O)cc(OC)c1[C@H](N)C(F)(F)C(F)(F)F. The van der Waals surface area contributed by atoms with Gasteiger partial charge in [0.15, 0.2) is 0 Å². The third kappa shape index (κ3) is 2.72. The topological polar surface area (TPSA) is 64.7 Å². The summed E-state index contributed by atoms with van der Waals surface area (Å²) in [5.74, 6) is -6.48. The van der Waals surface area contributed by atoms with E-state index in [0.717, 1.165) is 26.4 Å². The molecule has 114 valence electrons. The lowest BCUT2D eigenvalue weighted by Gasteiger charge is -2.28. The van der Waals surface area contributed by atoms with Crippen molar-refractivity contribution >= 4 is 0 Å². The average Bonchev–Trinajstić information content (AvgIpc) is 2.35. The van der Waals surface area contributed by atoms with E-state index in [1.54, 1.807) is 0 Å². The number of benzene rings is 1. The number of aromatic hydroxyl groups is 1. The molecule has 3 N–H and O–H groups in total. The van der Waals surface area contributed by atoms with Crippen LogP contribution in [0.15, 0.2) is 12.1 Å². The van der Waals surface area contributed by atoms with Crippen molar-refractivity contribution in [2.45, 2.75) is 18.1 Å². The lowest BCUT2D eigenvalue weighted by Crippen LogP contribution is -2.46. The number of methoxy groups -OCH3 is 2. The van der Waals surface area contributed by atoms with Gasteiger partial charge in [-0.05, 0) is 0 Å². The van der Waals surface area contributed by atoms with Crippen LogP contribution in [0.3, 0.4) is 0 Å². The van der Waals surface area contributed by atoms with E-state index >= 15 is 0 Å². The standard InChI is InChI=1S/C11H12F5NO3/c1-19-6-3-5(18)4-7(20-2)8(6)9(17)10(12,13)11(14,15)16/h3-4,9,18H,17H2,1-2H3/t9-/m0/s1. The maximum atomic E-state index is 13.3. The Morgan fingerprint density at radius 3 is 1.75 bits per heavy atom. The Bertz CT molecular complexity index is 464. The third-order valence-electron chi connectivity index (χ3n) is 2.61. The molecule has 0 bridgehead atoms. The van der Waals surface area contributed by atoms with Gasteiger partial charge in [0.25, 0.3) is 0 Å². The number of phenolic OH excluding ortho intramolecular Hbond substituents is 1. The van der Waals surface area contributed by atoms with Crippen molar-refractivity contribution in [3.8, 4) is 17.2 Å². The fourth-order valence-corrected chi connectivity index (χ4v) is 1.59. The van der Waals surface area contributed by atoms with Crippen LogP contribution in [0.1, 0.15) is 11.6 Å². The summed E-state index contributed by atoms with van der Waals surface area (Å²) in [6.45, 7) is 0. The van der Waals surface area contributed by atoms with Gasteiger partial charge in [0.1, 0.15) is 23.3 Å². The normalized spacial score (nSPS) is 14.0. The highest BCUT2D eigenvalue weighted by atomic mass is 19.4. The number of hydrogen-bond acceptors (Lipinski definition) is 4. The van der Waals surface area contributed by atoms with E-state index in [0.29, 0.717) is 0 Å². The summed E-state index contributed by atoms with van der Waals surface area (Å²) >= 11 is 0. The fourth-order valence-electron chi connectivity index (χ4n) is 1.59. The van der Waals surface area contributed by atoms with Crippen molar-refractivity contribution in [2.75, 3.05) is 14.2 Å². The summed E-state index contributed by atoms with van der Waals surface area (Å²) in [6.07, 6.45) is -5.83. The molecule has 0 radical (unpaired) electrons. The summed E-state index contributed by atoms with van der Waals surface area (Å²) in [5.41, 5.74) is 4.37. The summed E-state index contributed by atoms with van der Waals surface area (Å²) < 4.78 is 73.1. The second-order valence-corrected chi connectivity index (χ2v) is 3.86. The molecule has 0 saturated carbocycles. The second-order valence-electron chi connectivity index (χ2n) is 3.86. The lowest BCUT2D eigenvalue weighted by molar-refractivity contribution is -0.291. The van der Waals surface area contributed by atoms with Crippen LogP contribution in [-0.4, -0.2) is 31.4 Å². The molecule has 4 nitrogen and oxygen atoms in total. The van der Waals surface area contributed by atoms with E-state index in [2.05, 4.69) is 9.47 Å². The Hall–Kier alpha value is -1.77. The van der Waals surface area contributed by atoms with Gasteiger partial charge in [-0.25, -0.2) is 0 Å². The summed E-state index contributed by atoms with van der Waals surface area (Å²) in [5, 5.41) is 9.31. The molecule has 0 aliphatic rings. The molecule has 1 atom stereocenters. The number of hydrogen-bond donors (Lipinski definition) is 2. The molecule has 0 aliphatic heterocycles. The van der Waals surface area contributed by atoms with E-state index in [1.807, 2.05) is 0 Å². The maximum absolute atomic E-state index is 13.3. The van der Waals surface area contributed by atoms with E-state index in [-0.39, 0.29) is 0 Å². The number of alkyl halides is 5. The predicted molar refractivity (Wildman–Crippen MR) is 59.1 cm³/mol. The Kier molecular flexibility index (Phi) is 4.33. The molecule has 0 saturated heterocycles. The Morgan fingerprint density at radius 2 is 1.45 bits per heavy atom. The number of ether oxygens (including phenoxy) is 2. The minimum Gasteiger partial charge on any atom is -0.508 e. The molecule has 0 amide bonds. The first kappa shape index (κ1) is 16.3. The van der Waals surface area contributed by atoms with Crippen LogP contribution in [0.25, 0.3) is 0 Å².